The van der Waals surface area contributed by atoms with E-state index in [4.69, 9.17) is 18.9 Å². The summed E-state index contributed by atoms with van der Waals surface area (Å²) in [4.78, 5) is 18.3. The number of rotatable bonds is 9. The summed E-state index contributed by atoms with van der Waals surface area (Å²) < 4.78 is 18.1. The van der Waals surface area contributed by atoms with Crippen LogP contribution in [0.25, 0.3) is 11.1 Å². The van der Waals surface area contributed by atoms with Gasteiger partial charge in [-0.15, -0.1) is 0 Å². The van der Waals surface area contributed by atoms with Crippen LogP contribution >= 0.6 is 0 Å². The Kier molecular flexibility index (Phi) is 7.26. The smallest absolute Gasteiger partial charge is 0.335 e. The second-order valence-electron chi connectivity index (χ2n) is 9.24. The predicted octanol–water partition coefficient (Wildman–Crippen LogP) is 4.86. The molecule has 8 heteroatoms. The molecule has 2 N–H and O–H groups in total. The Hall–Kier alpha value is -3.26. The molecule has 34 heavy (non-hydrogen) atoms. The van der Waals surface area contributed by atoms with Crippen LogP contribution < -0.4 is 19.7 Å². The predicted molar refractivity (Wildman–Crippen MR) is 131 cm³/mol. The van der Waals surface area contributed by atoms with Gasteiger partial charge in [-0.1, -0.05) is 0 Å². The highest BCUT2D eigenvalue weighted by Crippen LogP contribution is 2.31. The summed E-state index contributed by atoms with van der Waals surface area (Å²) in [5.74, 6) is 0.531. The van der Waals surface area contributed by atoms with Crippen LogP contribution in [0.4, 0.5) is 6.01 Å². The van der Waals surface area contributed by atoms with Crippen molar-refractivity contribution in [2.45, 2.75) is 65.3 Å². The Bertz CT molecular complexity index is 1110. The molecule has 2 heterocycles. The van der Waals surface area contributed by atoms with Gasteiger partial charge in [0.15, 0.2) is 5.58 Å². The van der Waals surface area contributed by atoms with Crippen molar-refractivity contribution in [3.05, 3.63) is 47.5 Å². The number of fused-ring (bicyclic) bond motifs is 1. The lowest BCUT2D eigenvalue weighted by molar-refractivity contribution is 0.0697. The molecule has 0 amide bonds. The SMILES string of the molecule is CC(C)Oc1cc(CN(c2nc3ccc(C(=O)O)cc3o2)C2CCNCC2)cc(OC(C)C)c1. The summed E-state index contributed by atoms with van der Waals surface area (Å²) in [6.45, 7) is 10.4. The molecule has 0 spiro atoms. The molecule has 0 bridgehead atoms. The maximum Gasteiger partial charge on any atom is 0.335 e. The third-order valence-corrected chi connectivity index (χ3v) is 5.66. The van der Waals surface area contributed by atoms with Crippen LogP contribution in [0.1, 0.15) is 56.5 Å². The van der Waals surface area contributed by atoms with Crippen molar-refractivity contribution in [1.82, 2.24) is 10.3 Å². The number of carboxylic acids is 1. The van der Waals surface area contributed by atoms with Crippen molar-refractivity contribution in [2.75, 3.05) is 18.0 Å². The van der Waals surface area contributed by atoms with E-state index >= 15 is 0 Å². The number of anilines is 1. The van der Waals surface area contributed by atoms with Crippen molar-refractivity contribution in [3.8, 4) is 11.5 Å². The molecular formula is C26H33N3O5. The van der Waals surface area contributed by atoms with Gasteiger partial charge in [-0.05, 0) is 89.5 Å². The number of hydrogen-bond donors (Lipinski definition) is 2. The van der Waals surface area contributed by atoms with Gasteiger partial charge in [-0.2, -0.15) is 4.98 Å². The minimum atomic E-state index is -0.991. The zero-order valence-electron chi connectivity index (χ0n) is 20.2. The van der Waals surface area contributed by atoms with Crippen molar-refractivity contribution in [2.24, 2.45) is 0 Å². The molecular weight excluding hydrogens is 434 g/mol. The van der Waals surface area contributed by atoms with Crippen LogP contribution in [0.15, 0.2) is 40.8 Å². The summed E-state index contributed by atoms with van der Waals surface area (Å²) in [5, 5.41) is 12.7. The minimum absolute atomic E-state index is 0.0446. The first-order chi connectivity index (χ1) is 16.3. The van der Waals surface area contributed by atoms with Crippen molar-refractivity contribution in [3.63, 3.8) is 0 Å². The number of benzene rings is 2. The summed E-state index contributed by atoms with van der Waals surface area (Å²) in [5.41, 5.74) is 2.31. The van der Waals surface area contributed by atoms with Crippen LogP contribution in [0, 0.1) is 0 Å². The zero-order chi connectivity index (χ0) is 24.2. The first kappa shape index (κ1) is 23.9. The molecule has 0 atom stereocenters. The number of hydrogen-bond acceptors (Lipinski definition) is 7. The Labute approximate surface area is 199 Å². The van der Waals surface area contributed by atoms with Crippen molar-refractivity contribution in [1.29, 1.82) is 0 Å². The van der Waals surface area contributed by atoms with E-state index in [9.17, 15) is 9.90 Å². The van der Waals surface area contributed by atoms with Gasteiger partial charge in [0.05, 0.1) is 17.8 Å². The van der Waals surface area contributed by atoms with Gasteiger partial charge in [0, 0.05) is 18.7 Å². The molecule has 0 radical (unpaired) electrons. The van der Waals surface area contributed by atoms with Gasteiger partial charge < -0.3 is 29.2 Å². The highest BCUT2D eigenvalue weighted by atomic mass is 16.5. The van der Waals surface area contributed by atoms with E-state index in [1.54, 1.807) is 12.1 Å². The fraction of sp³-hybridized carbons (Fsp3) is 0.462. The fourth-order valence-electron chi connectivity index (χ4n) is 4.24. The summed E-state index contributed by atoms with van der Waals surface area (Å²) >= 11 is 0. The molecule has 182 valence electrons. The molecule has 1 fully saturated rings. The Balaban J connectivity index is 1.70. The second-order valence-corrected chi connectivity index (χ2v) is 9.24. The summed E-state index contributed by atoms with van der Waals surface area (Å²) in [6, 6.07) is 11.5. The number of ether oxygens (including phenoxy) is 2. The van der Waals surface area contributed by atoms with E-state index in [-0.39, 0.29) is 23.8 Å². The molecule has 0 unspecified atom stereocenters. The molecule has 1 aromatic heterocycles. The number of oxazole rings is 1. The molecule has 0 aliphatic carbocycles. The van der Waals surface area contributed by atoms with Crippen molar-refractivity contribution < 1.29 is 23.8 Å². The van der Waals surface area contributed by atoms with Gasteiger partial charge in [-0.25, -0.2) is 4.79 Å². The number of aromatic carboxylic acids is 1. The lowest BCUT2D eigenvalue weighted by atomic mass is 10.0. The Morgan fingerprint density at radius 2 is 1.74 bits per heavy atom. The first-order valence-electron chi connectivity index (χ1n) is 11.9. The minimum Gasteiger partial charge on any atom is -0.491 e. The highest BCUT2D eigenvalue weighted by Gasteiger charge is 2.26. The highest BCUT2D eigenvalue weighted by molar-refractivity contribution is 5.92. The normalized spacial score (nSPS) is 14.6. The maximum absolute atomic E-state index is 11.4. The molecule has 3 aromatic rings. The fourth-order valence-corrected chi connectivity index (χ4v) is 4.24. The number of nitrogens with one attached hydrogen (secondary N) is 1. The average Bonchev–Trinajstić information content (AvgIpc) is 3.20. The Morgan fingerprint density at radius 3 is 2.32 bits per heavy atom. The van der Waals surface area contributed by atoms with E-state index in [0.717, 1.165) is 43.0 Å². The lowest BCUT2D eigenvalue weighted by Gasteiger charge is -2.33. The third-order valence-electron chi connectivity index (χ3n) is 5.66. The van der Waals surface area contributed by atoms with Gasteiger partial charge in [-0.3, -0.25) is 0 Å². The topological polar surface area (TPSA) is 97.1 Å². The Morgan fingerprint density at radius 1 is 1.09 bits per heavy atom. The second kappa shape index (κ2) is 10.3. The molecule has 1 aliphatic rings. The zero-order valence-corrected chi connectivity index (χ0v) is 20.2. The van der Waals surface area contributed by atoms with E-state index in [0.29, 0.717) is 23.7 Å². The first-order valence-corrected chi connectivity index (χ1v) is 11.9. The van der Waals surface area contributed by atoms with Crippen LogP contribution in [0.5, 0.6) is 11.5 Å². The van der Waals surface area contributed by atoms with Crippen LogP contribution in [-0.4, -0.2) is 47.4 Å². The third kappa shape index (κ3) is 5.80. The quantitative estimate of drug-likeness (QED) is 0.461. The molecule has 1 saturated heterocycles. The van der Waals surface area contributed by atoms with E-state index < -0.39 is 5.97 Å². The standard InChI is InChI=1S/C26H33N3O5/c1-16(2)32-21-11-18(12-22(14-21)33-17(3)4)15-29(20-7-9-27-10-8-20)26-28-23-6-5-19(25(30)31)13-24(23)34-26/h5-6,11-14,16-17,20,27H,7-10,15H2,1-4H3,(H,30,31). The van der Waals surface area contributed by atoms with E-state index in [1.807, 2.05) is 45.9 Å². The largest absolute Gasteiger partial charge is 0.491 e. The number of aromatic nitrogens is 1. The molecule has 8 nitrogen and oxygen atoms in total. The van der Waals surface area contributed by atoms with Crippen LogP contribution in [0.3, 0.4) is 0 Å². The molecule has 2 aromatic carbocycles. The lowest BCUT2D eigenvalue weighted by Crippen LogP contribution is -2.43. The summed E-state index contributed by atoms with van der Waals surface area (Å²) in [6.07, 6.45) is 2.00. The molecule has 4 rings (SSSR count). The summed E-state index contributed by atoms with van der Waals surface area (Å²) in [7, 11) is 0. The van der Waals surface area contributed by atoms with Gasteiger partial charge in [0.25, 0.3) is 6.01 Å². The molecule has 1 aliphatic heterocycles. The number of carboxylic acid groups (broad SMARTS) is 1. The number of nitrogens with zero attached hydrogens (tertiary/aromatic N) is 2. The number of carbonyl (C=O) groups is 1. The van der Waals surface area contributed by atoms with Crippen LogP contribution in [-0.2, 0) is 6.54 Å². The van der Waals surface area contributed by atoms with Gasteiger partial charge in [0.2, 0.25) is 0 Å². The maximum atomic E-state index is 11.4. The molecule has 0 saturated carbocycles. The number of piperidine rings is 1. The van der Waals surface area contributed by atoms with E-state index in [1.165, 1.54) is 6.07 Å². The monoisotopic (exact) mass is 467 g/mol. The van der Waals surface area contributed by atoms with Gasteiger partial charge in [0.1, 0.15) is 17.0 Å². The van der Waals surface area contributed by atoms with Crippen LogP contribution in [0.2, 0.25) is 0 Å². The van der Waals surface area contributed by atoms with E-state index in [2.05, 4.69) is 10.2 Å². The average molecular weight is 468 g/mol. The van der Waals surface area contributed by atoms with Crippen molar-refractivity contribution >= 4 is 23.1 Å². The van der Waals surface area contributed by atoms with Gasteiger partial charge >= 0.3 is 5.97 Å².